The molecule has 242 valence electrons. The van der Waals surface area contributed by atoms with E-state index in [-0.39, 0.29) is 17.2 Å². The van der Waals surface area contributed by atoms with Crippen molar-refractivity contribution < 1.29 is 37.1 Å². The fourth-order valence-electron chi connectivity index (χ4n) is 5.23. The van der Waals surface area contributed by atoms with Gasteiger partial charge in [-0.05, 0) is 61.6 Å². The number of hydrogen-bond acceptors (Lipinski definition) is 7. The SMILES string of the molecule is CC(CC(=O)OC(=O)C(F)(F)F)N1C(=O)c2cc(CCCC(S)N=C(N)N)ccc2N(c2ccccc2)C(=O)C1c1ccccc1. The molecule has 3 atom stereocenters. The highest BCUT2D eigenvalue weighted by atomic mass is 32.1. The molecular formula is C32H32F3N5O5S. The van der Waals surface area contributed by atoms with Crippen LogP contribution in [0.15, 0.2) is 83.9 Å². The molecule has 0 aromatic heterocycles. The summed E-state index contributed by atoms with van der Waals surface area (Å²) in [6.07, 6.45) is -4.55. The standard InChI is InChI=1S/C32H32F3N5O5S/c1-19(17-26(41)45-30(44)32(33,34)35)39-27(21-10-4-2-5-11-21)29(43)40(22-12-6-3-7-13-22)24-16-15-20(18-23(24)28(39)42)9-8-14-25(46)38-31(36)37/h2-7,10-13,15-16,18-19,25,27,46H,8-9,14,17H2,1H3,(H4,36,37,38). The molecule has 1 heterocycles. The molecule has 2 amide bonds. The summed E-state index contributed by atoms with van der Waals surface area (Å²) in [6, 6.07) is 19.6. The Bertz CT molecular complexity index is 1620. The molecule has 4 rings (SSSR count). The van der Waals surface area contributed by atoms with Gasteiger partial charge in [0, 0.05) is 11.7 Å². The van der Waals surface area contributed by atoms with E-state index in [4.69, 9.17) is 11.5 Å². The van der Waals surface area contributed by atoms with Gasteiger partial charge in [0.25, 0.3) is 11.8 Å². The number of nitrogens with two attached hydrogens (primary N) is 2. The highest BCUT2D eigenvalue weighted by Crippen LogP contribution is 2.40. The number of nitrogens with zero attached hydrogens (tertiary/aromatic N) is 3. The van der Waals surface area contributed by atoms with Gasteiger partial charge in [-0.2, -0.15) is 25.8 Å². The summed E-state index contributed by atoms with van der Waals surface area (Å²) in [5.74, 6) is -5.44. The van der Waals surface area contributed by atoms with E-state index in [0.717, 1.165) is 10.5 Å². The molecule has 3 aromatic rings. The zero-order valence-electron chi connectivity index (χ0n) is 24.7. The number of ether oxygens (including phenoxy) is 1. The summed E-state index contributed by atoms with van der Waals surface area (Å²) in [5, 5.41) is -0.425. The van der Waals surface area contributed by atoms with Crippen LogP contribution in [0.4, 0.5) is 24.5 Å². The molecule has 1 aliphatic rings. The van der Waals surface area contributed by atoms with Gasteiger partial charge in [0.1, 0.15) is 6.04 Å². The molecule has 14 heteroatoms. The highest BCUT2D eigenvalue weighted by molar-refractivity contribution is 7.80. The number of carbonyl (C=O) groups excluding carboxylic acids is 4. The Labute approximate surface area is 268 Å². The maximum atomic E-state index is 14.6. The molecule has 0 spiro atoms. The van der Waals surface area contributed by atoms with E-state index in [0.29, 0.717) is 30.5 Å². The Balaban J connectivity index is 1.79. The number of hydrogen-bond donors (Lipinski definition) is 3. The van der Waals surface area contributed by atoms with Crippen LogP contribution in [0.5, 0.6) is 0 Å². The van der Waals surface area contributed by atoms with Crippen LogP contribution in [0, 0.1) is 0 Å². The number of benzene rings is 3. The Morgan fingerprint density at radius 2 is 1.63 bits per heavy atom. The number of rotatable bonds is 10. The summed E-state index contributed by atoms with van der Waals surface area (Å²) in [4.78, 5) is 59.4. The number of guanidine groups is 1. The van der Waals surface area contributed by atoms with Crippen LogP contribution >= 0.6 is 12.6 Å². The van der Waals surface area contributed by atoms with E-state index in [1.165, 1.54) is 11.8 Å². The van der Waals surface area contributed by atoms with Crippen molar-refractivity contribution in [1.29, 1.82) is 0 Å². The third-order valence-corrected chi connectivity index (χ3v) is 7.60. The van der Waals surface area contributed by atoms with E-state index in [2.05, 4.69) is 22.4 Å². The van der Waals surface area contributed by atoms with Crippen LogP contribution in [-0.4, -0.2) is 52.2 Å². The molecule has 0 aliphatic carbocycles. The molecule has 0 saturated heterocycles. The first kappa shape index (κ1) is 34.0. The zero-order chi connectivity index (χ0) is 33.6. The molecular weight excluding hydrogens is 623 g/mol. The number of thiol groups is 1. The topological polar surface area (TPSA) is 148 Å². The maximum Gasteiger partial charge on any atom is 0.491 e. The summed E-state index contributed by atoms with van der Waals surface area (Å²) in [5.41, 5.74) is 12.9. The van der Waals surface area contributed by atoms with Gasteiger partial charge in [0.05, 0.1) is 23.0 Å². The zero-order valence-corrected chi connectivity index (χ0v) is 25.6. The third-order valence-electron chi connectivity index (χ3n) is 7.23. The molecule has 3 unspecified atom stereocenters. The number of amides is 2. The highest BCUT2D eigenvalue weighted by Gasteiger charge is 2.45. The van der Waals surface area contributed by atoms with Gasteiger partial charge in [-0.25, -0.2) is 9.79 Å². The van der Waals surface area contributed by atoms with Gasteiger partial charge >= 0.3 is 18.1 Å². The summed E-state index contributed by atoms with van der Waals surface area (Å²) < 4.78 is 42.4. The molecule has 0 saturated carbocycles. The average molecular weight is 656 g/mol. The maximum absolute atomic E-state index is 14.6. The predicted octanol–water partition coefficient (Wildman–Crippen LogP) is 4.81. The monoisotopic (exact) mass is 655 g/mol. The molecule has 1 aliphatic heterocycles. The summed E-state index contributed by atoms with van der Waals surface area (Å²) >= 11 is 4.35. The normalized spacial score (nSPS) is 16.2. The second-order valence-electron chi connectivity index (χ2n) is 10.6. The number of fused-ring (bicyclic) bond motifs is 1. The van der Waals surface area contributed by atoms with E-state index in [1.807, 2.05) is 0 Å². The van der Waals surface area contributed by atoms with Gasteiger partial charge in [-0.1, -0.05) is 54.6 Å². The lowest BCUT2D eigenvalue weighted by atomic mass is 10.00. The molecule has 4 N–H and O–H groups in total. The lowest BCUT2D eigenvalue weighted by Crippen LogP contribution is -2.46. The second-order valence-corrected chi connectivity index (χ2v) is 11.2. The van der Waals surface area contributed by atoms with Crippen molar-refractivity contribution in [3.63, 3.8) is 0 Å². The van der Waals surface area contributed by atoms with Crippen molar-refractivity contribution in [2.75, 3.05) is 4.90 Å². The van der Waals surface area contributed by atoms with E-state index < -0.39 is 53.8 Å². The Morgan fingerprint density at radius 3 is 2.24 bits per heavy atom. The van der Waals surface area contributed by atoms with E-state index >= 15 is 0 Å². The number of aliphatic imine (C=N–C) groups is 1. The van der Waals surface area contributed by atoms with Crippen LogP contribution < -0.4 is 16.4 Å². The first-order chi connectivity index (χ1) is 21.8. The minimum atomic E-state index is -5.39. The number of para-hydroxylation sites is 1. The van der Waals surface area contributed by atoms with Crippen molar-refractivity contribution in [1.82, 2.24) is 4.90 Å². The van der Waals surface area contributed by atoms with Gasteiger partial charge in [-0.3, -0.25) is 19.3 Å². The van der Waals surface area contributed by atoms with Crippen molar-refractivity contribution in [2.45, 2.75) is 56.2 Å². The van der Waals surface area contributed by atoms with Gasteiger partial charge in [0.2, 0.25) is 0 Å². The molecule has 0 bridgehead atoms. The minimum Gasteiger partial charge on any atom is -0.386 e. The molecule has 10 nitrogen and oxygen atoms in total. The van der Waals surface area contributed by atoms with Gasteiger partial charge in [-0.15, -0.1) is 0 Å². The number of esters is 2. The molecule has 0 fully saturated rings. The summed E-state index contributed by atoms with van der Waals surface area (Å²) in [6.45, 7) is 1.40. The molecule has 3 aromatic carbocycles. The average Bonchev–Trinajstić information content (AvgIpc) is 3.09. The Hall–Kier alpha value is -4.85. The third kappa shape index (κ3) is 8.05. The molecule has 0 radical (unpaired) electrons. The van der Waals surface area contributed by atoms with Crippen molar-refractivity contribution in [3.05, 3.63) is 95.6 Å². The minimum absolute atomic E-state index is 0.0878. The van der Waals surface area contributed by atoms with Crippen LogP contribution in [0.3, 0.4) is 0 Å². The van der Waals surface area contributed by atoms with Crippen molar-refractivity contribution in [2.24, 2.45) is 16.5 Å². The smallest absolute Gasteiger partial charge is 0.386 e. The lowest BCUT2D eigenvalue weighted by molar-refractivity contribution is -0.202. The fourth-order valence-corrected chi connectivity index (χ4v) is 5.54. The number of alkyl halides is 3. The van der Waals surface area contributed by atoms with Crippen LogP contribution in [0.2, 0.25) is 0 Å². The van der Waals surface area contributed by atoms with E-state index in [9.17, 15) is 32.3 Å². The first-order valence-electron chi connectivity index (χ1n) is 14.3. The van der Waals surface area contributed by atoms with Crippen LogP contribution in [0.25, 0.3) is 0 Å². The fraction of sp³-hybridized carbons (Fsp3) is 0.281. The van der Waals surface area contributed by atoms with Crippen LogP contribution in [0.1, 0.15) is 53.7 Å². The van der Waals surface area contributed by atoms with Gasteiger partial charge in [0.15, 0.2) is 5.96 Å². The number of anilines is 2. The molecule has 46 heavy (non-hydrogen) atoms. The Kier molecular flexibility index (Phi) is 10.7. The second kappa shape index (κ2) is 14.5. The van der Waals surface area contributed by atoms with Gasteiger partial charge < -0.3 is 21.1 Å². The largest absolute Gasteiger partial charge is 0.491 e. The number of aryl methyl sites for hydroxylation is 1. The number of carbonyl (C=O) groups is 4. The Morgan fingerprint density at radius 1 is 1.00 bits per heavy atom. The first-order valence-corrected chi connectivity index (χ1v) is 14.8. The predicted molar refractivity (Wildman–Crippen MR) is 168 cm³/mol. The lowest BCUT2D eigenvalue weighted by Gasteiger charge is -2.35. The van der Waals surface area contributed by atoms with Crippen molar-refractivity contribution >= 4 is 53.7 Å². The van der Waals surface area contributed by atoms with E-state index in [1.54, 1.807) is 78.9 Å². The van der Waals surface area contributed by atoms with Crippen LogP contribution in [-0.2, 0) is 25.5 Å². The summed E-state index contributed by atoms with van der Waals surface area (Å²) in [7, 11) is 0. The quantitative estimate of drug-likeness (QED) is 0.0934. The van der Waals surface area contributed by atoms with Crippen molar-refractivity contribution in [3.8, 4) is 0 Å². The number of halogens is 3.